The van der Waals surface area contributed by atoms with Crippen molar-refractivity contribution in [2.45, 2.75) is 6.42 Å². The third kappa shape index (κ3) is 1.13. The zero-order chi connectivity index (χ0) is 7.56. The molecule has 1 unspecified atom stereocenters. The molecule has 52 valence electrons. The van der Waals surface area contributed by atoms with Crippen molar-refractivity contribution in [2.24, 2.45) is 5.92 Å². The lowest BCUT2D eigenvalue weighted by atomic mass is 10.00. The van der Waals surface area contributed by atoms with E-state index in [9.17, 15) is 9.59 Å². The van der Waals surface area contributed by atoms with Crippen LogP contribution in [0.4, 0.5) is 0 Å². The number of nitrogens with zero attached hydrogens (tertiary/aromatic N) is 1. The fourth-order valence-corrected chi connectivity index (χ4v) is 0.806. The van der Waals surface area contributed by atoms with Gasteiger partial charge in [-0.3, -0.25) is 9.59 Å². The number of rotatable bonds is 0. The molecule has 4 nitrogen and oxygen atoms in total. The standard InChI is InChI=1S/C6H6N2O2/c7-2-4-1-5(9)3-8-6(4)10/h4H,1,3H2,(H,8,10). The van der Waals surface area contributed by atoms with Crippen molar-refractivity contribution in [1.29, 1.82) is 5.26 Å². The summed E-state index contributed by atoms with van der Waals surface area (Å²) in [6.45, 7) is 0.0804. The minimum absolute atomic E-state index is 0.0718. The number of ketones is 1. The topological polar surface area (TPSA) is 70.0 Å². The molecule has 0 aliphatic carbocycles. The Morgan fingerprint density at radius 1 is 1.60 bits per heavy atom. The molecule has 1 rings (SSSR count). The van der Waals surface area contributed by atoms with Gasteiger partial charge in [-0.2, -0.15) is 5.26 Å². The van der Waals surface area contributed by atoms with E-state index >= 15 is 0 Å². The van der Waals surface area contributed by atoms with Crippen LogP contribution in [-0.4, -0.2) is 18.2 Å². The van der Waals surface area contributed by atoms with E-state index in [0.29, 0.717) is 0 Å². The van der Waals surface area contributed by atoms with E-state index in [-0.39, 0.29) is 24.7 Å². The first kappa shape index (κ1) is 6.75. The maximum atomic E-state index is 10.7. The molecule has 0 aromatic carbocycles. The normalized spacial score (nSPS) is 25.3. The highest BCUT2D eigenvalue weighted by atomic mass is 16.2. The van der Waals surface area contributed by atoms with Crippen LogP contribution in [0.15, 0.2) is 0 Å². The molecule has 1 N–H and O–H groups in total. The van der Waals surface area contributed by atoms with E-state index in [0.717, 1.165) is 0 Å². The van der Waals surface area contributed by atoms with Gasteiger partial charge in [0, 0.05) is 6.42 Å². The smallest absolute Gasteiger partial charge is 0.238 e. The highest BCUT2D eigenvalue weighted by Crippen LogP contribution is 2.06. The second-order valence-electron chi connectivity index (χ2n) is 2.14. The molecule has 1 aliphatic rings. The maximum absolute atomic E-state index is 10.7. The van der Waals surface area contributed by atoms with Crippen molar-refractivity contribution in [3.05, 3.63) is 0 Å². The van der Waals surface area contributed by atoms with E-state index in [2.05, 4.69) is 5.32 Å². The summed E-state index contributed by atoms with van der Waals surface area (Å²) in [6, 6.07) is 1.75. The second kappa shape index (κ2) is 2.48. The average Bonchev–Trinajstić information content (AvgIpc) is 1.94. The Morgan fingerprint density at radius 2 is 2.30 bits per heavy atom. The Bertz CT molecular complexity index is 216. The number of amides is 1. The summed E-state index contributed by atoms with van der Waals surface area (Å²) in [5.41, 5.74) is 0. The Labute approximate surface area is 57.8 Å². The van der Waals surface area contributed by atoms with Crippen LogP contribution in [0.25, 0.3) is 0 Å². The van der Waals surface area contributed by atoms with Crippen molar-refractivity contribution >= 4 is 11.7 Å². The van der Waals surface area contributed by atoms with Crippen molar-refractivity contribution in [3.8, 4) is 6.07 Å². The third-order valence-corrected chi connectivity index (χ3v) is 1.36. The summed E-state index contributed by atoms with van der Waals surface area (Å²) < 4.78 is 0. The van der Waals surface area contributed by atoms with Crippen molar-refractivity contribution in [3.63, 3.8) is 0 Å². The number of nitrogens with one attached hydrogen (secondary N) is 1. The molecule has 4 heteroatoms. The molecule has 1 amide bonds. The van der Waals surface area contributed by atoms with Crippen LogP contribution in [0.3, 0.4) is 0 Å². The SMILES string of the molecule is N#CC1CC(=O)CNC1=O. The highest BCUT2D eigenvalue weighted by Gasteiger charge is 2.26. The van der Waals surface area contributed by atoms with Gasteiger partial charge in [0.2, 0.25) is 5.91 Å². The van der Waals surface area contributed by atoms with Gasteiger partial charge < -0.3 is 5.32 Å². The van der Waals surface area contributed by atoms with E-state index < -0.39 is 5.92 Å². The number of carbonyl (C=O) groups is 2. The second-order valence-corrected chi connectivity index (χ2v) is 2.14. The third-order valence-electron chi connectivity index (χ3n) is 1.36. The van der Waals surface area contributed by atoms with Crippen molar-refractivity contribution in [2.75, 3.05) is 6.54 Å². The highest BCUT2D eigenvalue weighted by molar-refractivity contribution is 5.95. The number of hydrogen-bond donors (Lipinski definition) is 1. The van der Waals surface area contributed by atoms with Crippen LogP contribution in [0, 0.1) is 17.2 Å². The van der Waals surface area contributed by atoms with Gasteiger partial charge in [0.15, 0.2) is 5.78 Å². The Kier molecular flexibility index (Phi) is 1.67. The molecule has 0 bridgehead atoms. The Balaban J connectivity index is 2.64. The Morgan fingerprint density at radius 3 is 2.80 bits per heavy atom. The molecule has 0 aromatic heterocycles. The summed E-state index contributed by atoms with van der Waals surface area (Å²) >= 11 is 0. The van der Waals surface area contributed by atoms with E-state index in [1.165, 1.54) is 0 Å². The fourth-order valence-electron chi connectivity index (χ4n) is 0.806. The monoisotopic (exact) mass is 138 g/mol. The summed E-state index contributed by atoms with van der Waals surface area (Å²) in [5.74, 6) is -1.17. The van der Waals surface area contributed by atoms with Crippen LogP contribution >= 0.6 is 0 Å². The summed E-state index contributed by atoms with van der Waals surface area (Å²) in [6.07, 6.45) is 0.0718. The number of piperidine rings is 1. The summed E-state index contributed by atoms with van der Waals surface area (Å²) in [7, 11) is 0. The van der Waals surface area contributed by atoms with Gasteiger partial charge in [0.05, 0.1) is 12.6 Å². The largest absolute Gasteiger partial charge is 0.348 e. The first-order chi connectivity index (χ1) is 4.74. The molecule has 1 saturated heterocycles. The van der Waals surface area contributed by atoms with Crippen LogP contribution in [0.2, 0.25) is 0 Å². The first-order valence-electron chi connectivity index (χ1n) is 2.93. The zero-order valence-corrected chi connectivity index (χ0v) is 5.26. The Hall–Kier alpha value is -1.37. The van der Waals surface area contributed by atoms with Crippen molar-refractivity contribution in [1.82, 2.24) is 5.32 Å². The number of carbonyl (C=O) groups excluding carboxylic acids is 2. The number of Topliss-reactive ketones (excluding diaryl/α,β-unsaturated/α-hetero) is 1. The maximum Gasteiger partial charge on any atom is 0.238 e. The lowest BCUT2D eigenvalue weighted by Gasteiger charge is -2.14. The van der Waals surface area contributed by atoms with Crippen molar-refractivity contribution < 1.29 is 9.59 Å². The predicted molar refractivity (Wildman–Crippen MR) is 31.7 cm³/mol. The van der Waals surface area contributed by atoms with Gasteiger partial charge >= 0.3 is 0 Å². The van der Waals surface area contributed by atoms with Crippen LogP contribution in [0.1, 0.15) is 6.42 Å². The first-order valence-corrected chi connectivity index (χ1v) is 2.93. The molecule has 10 heavy (non-hydrogen) atoms. The van der Waals surface area contributed by atoms with E-state index in [4.69, 9.17) is 5.26 Å². The molecular formula is C6H6N2O2. The minimum Gasteiger partial charge on any atom is -0.348 e. The van der Waals surface area contributed by atoms with Gasteiger partial charge in [-0.25, -0.2) is 0 Å². The summed E-state index contributed by atoms with van der Waals surface area (Å²) in [5, 5.41) is 10.6. The van der Waals surface area contributed by atoms with Gasteiger partial charge in [0.1, 0.15) is 5.92 Å². The fraction of sp³-hybridized carbons (Fsp3) is 0.500. The lowest BCUT2D eigenvalue weighted by Crippen LogP contribution is -2.41. The molecule has 0 saturated carbocycles. The summed E-state index contributed by atoms with van der Waals surface area (Å²) in [4.78, 5) is 21.3. The number of hydrogen-bond acceptors (Lipinski definition) is 3. The van der Waals surface area contributed by atoms with Gasteiger partial charge in [0.25, 0.3) is 0 Å². The lowest BCUT2D eigenvalue weighted by molar-refractivity contribution is -0.132. The molecule has 1 heterocycles. The predicted octanol–water partition coefficient (Wildman–Crippen LogP) is -0.785. The molecule has 0 aromatic rings. The molecule has 1 aliphatic heterocycles. The zero-order valence-electron chi connectivity index (χ0n) is 5.26. The molecule has 1 atom stereocenters. The van der Waals surface area contributed by atoms with Gasteiger partial charge in [-0.1, -0.05) is 0 Å². The molecule has 1 fully saturated rings. The van der Waals surface area contributed by atoms with E-state index in [1.54, 1.807) is 6.07 Å². The quantitative estimate of drug-likeness (QED) is 0.477. The average molecular weight is 138 g/mol. The minimum atomic E-state index is -0.763. The molecule has 0 spiro atoms. The number of nitriles is 1. The van der Waals surface area contributed by atoms with E-state index in [1.807, 2.05) is 0 Å². The van der Waals surface area contributed by atoms with Crippen LogP contribution in [0.5, 0.6) is 0 Å². The van der Waals surface area contributed by atoms with Gasteiger partial charge in [-0.05, 0) is 0 Å². The van der Waals surface area contributed by atoms with Crippen LogP contribution < -0.4 is 5.32 Å². The van der Waals surface area contributed by atoms with Gasteiger partial charge in [-0.15, -0.1) is 0 Å². The molecular weight excluding hydrogens is 132 g/mol. The molecule has 0 radical (unpaired) electrons. The van der Waals surface area contributed by atoms with Crippen LogP contribution in [-0.2, 0) is 9.59 Å².